The molecule has 0 radical (unpaired) electrons. The van der Waals surface area contributed by atoms with E-state index in [-0.39, 0.29) is 0 Å². The third-order valence-electron chi connectivity index (χ3n) is 28.2. The van der Waals surface area contributed by atoms with Gasteiger partial charge in [-0.25, -0.2) is 4.98 Å². The molecule has 6 aromatic heterocycles. The van der Waals surface area contributed by atoms with Crippen LogP contribution in [0.2, 0.25) is 0 Å². The molecule has 8 nitrogen and oxygen atoms in total. The van der Waals surface area contributed by atoms with E-state index in [0.717, 1.165) is 249 Å². The molecule has 0 aliphatic carbocycles. The summed E-state index contributed by atoms with van der Waals surface area (Å²) < 4.78 is 9.41. The summed E-state index contributed by atoms with van der Waals surface area (Å²) in [6.07, 6.45) is 3.72. The van der Waals surface area contributed by atoms with Gasteiger partial charge in [0.2, 0.25) is 0 Å². The molecule has 0 atom stereocenters. The van der Waals surface area contributed by atoms with E-state index in [1.54, 1.807) is 0 Å². The number of hydrogen-bond acceptors (Lipinski definition) is 4. The van der Waals surface area contributed by atoms with Crippen molar-refractivity contribution in [2.75, 3.05) is 0 Å². The summed E-state index contributed by atoms with van der Waals surface area (Å²) in [5, 5.41) is 33.0. The summed E-state index contributed by atoms with van der Waals surface area (Å²) in [7, 11) is 0. The number of nitriles is 2. The van der Waals surface area contributed by atoms with Crippen LogP contribution >= 0.6 is 0 Å². The summed E-state index contributed by atoms with van der Waals surface area (Å²) in [4.78, 5) is 10.1. The molecule has 0 N–H and O–H groups in total. The maximum atomic E-state index is 12.5. The van der Waals surface area contributed by atoms with Gasteiger partial charge in [-0.3, -0.25) is 4.98 Å². The van der Waals surface area contributed by atoms with Crippen LogP contribution < -0.4 is 0 Å². The molecule has 140 heavy (non-hydrogen) atoms. The molecule has 650 valence electrons. The normalized spacial score (nSPS) is 11.6. The Hall–Kier alpha value is -19.1. The molecule has 0 saturated carbocycles. The van der Waals surface area contributed by atoms with Crippen LogP contribution in [0.25, 0.3) is 255 Å². The number of rotatable bonds is 17. The van der Waals surface area contributed by atoms with Crippen molar-refractivity contribution in [2.45, 2.75) is 0 Å². The maximum Gasteiger partial charge on any atom is 0.101 e. The minimum absolute atomic E-state index is 0.483. The van der Waals surface area contributed by atoms with Gasteiger partial charge in [0.1, 0.15) is 12.1 Å². The average Bonchev–Trinajstić information content (AvgIpc) is 1.60. The van der Waals surface area contributed by atoms with Gasteiger partial charge >= 0.3 is 0 Å². The van der Waals surface area contributed by atoms with Crippen molar-refractivity contribution in [1.29, 1.82) is 10.5 Å². The highest BCUT2D eigenvalue weighted by molar-refractivity contribution is 6.20. The number of aromatic nitrogens is 6. The molecule has 0 saturated heterocycles. The molecule has 0 aliphatic heterocycles. The molecular weight excluding hydrogens is 1700 g/mol. The number of nitrogens with zero attached hydrogens (tertiary/aromatic N) is 8. The largest absolute Gasteiger partial charge is 0.309 e. The zero-order valence-corrected chi connectivity index (χ0v) is 75.9. The first-order valence-corrected chi connectivity index (χ1v) is 47.4. The second kappa shape index (κ2) is 34.1. The summed E-state index contributed by atoms with van der Waals surface area (Å²) in [5.74, 6) is 0. The lowest BCUT2D eigenvalue weighted by Gasteiger charge is -2.20. The zero-order chi connectivity index (χ0) is 92.8. The van der Waals surface area contributed by atoms with Crippen molar-refractivity contribution in [3.05, 3.63) is 509 Å². The van der Waals surface area contributed by atoms with Gasteiger partial charge in [-0.1, -0.05) is 358 Å². The van der Waals surface area contributed by atoms with Crippen LogP contribution in [-0.4, -0.2) is 28.2 Å². The predicted octanol–water partition coefficient (Wildman–Crippen LogP) is 34.3. The zero-order valence-electron chi connectivity index (χ0n) is 75.9. The Morgan fingerprint density at radius 3 is 0.786 bits per heavy atom. The molecule has 0 spiro atoms. The fourth-order valence-electron chi connectivity index (χ4n) is 21.8. The topological polar surface area (TPSA) is 93.1 Å². The van der Waals surface area contributed by atoms with Crippen LogP contribution in [0.15, 0.2) is 498 Å². The highest BCUT2D eigenvalue weighted by Crippen LogP contribution is 2.51. The molecule has 0 unspecified atom stereocenters. The van der Waals surface area contributed by atoms with E-state index in [1.165, 1.54) is 0 Å². The molecule has 26 rings (SSSR count). The smallest absolute Gasteiger partial charge is 0.101 e. The van der Waals surface area contributed by atoms with Crippen molar-refractivity contribution < 1.29 is 0 Å². The van der Waals surface area contributed by atoms with Gasteiger partial charge in [0.05, 0.1) is 89.4 Å². The van der Waals surface area contributed by atoms with Crippen LogP contribution in [0, 0.1) is 22.7 Å². The molecule has 0 bridgehead atoms. The average molecular weight is 1780 g/mol. The third-order valence-corrected chi connectivity index (χ3v) is 28.2. The lowest BCUT2D eigenvalue weighted by Crippen LogP contribution is -2.04. The van der Waals surface area contributed by atoms with E-state index in [1.807, 2.05) is 12.4 Å². The predicted molar refractivity (Wildman–Crippen MR) is 579 cm³/mol. The minimum Gasteiger partial charge on any atom is -0.309 e. The van der Waals surface area contributed by atoms with E-state index in [0.29, 0.717) is 16.8 Å². The van der Waals surface area contributed by atoms with E-state index in [2.05, 4.69) is 521 Å². The highest BCUT2D eigenvalue weighted by Gasteiger charge is 2.30. The summed E-state index contributed by atoms with van der Waals surface area (Å²) in [5.41, 5.74) is 38.9. The van der Waals surface area contributed by atoms with E-state index in [4.69, 9.17) is 4.98 Å². The van der Waals surface area contributed by atoms with Crippen molar-refractivity contribution in [3.8, 4) is 180 Å². The first-order chi connectivity index (χ1) is 69.4. The lowest BCUT2D eigenvalue weighted by atomic mass is 9.92. The standard InChI is InChI=1S/C132H82N8/c133-83-98-79-130(111(89-68-70-135-71-69-89)81-128(98)137-120-55-29-27-52-109(120)113-72-92(58-63-122(113)137)104-48-23-19-44-100(104)85-32-7-1-8-33-85)140-126-67-61-95(107-51-26-22-47-103(107)88-38-13-4-14-39-88)76-117(126)132-108(54-31-57-127(132)140)96-62-66-125-116(75-96)115-74-94(106-50-25-21-46-102(106)87-36-11-3-12-37-87)60-65-124(115)138(125)129-82-112(97-77-118(90-40-15-5-16-41-90)136-119(78-97)91-42-17-6-18-43-91)131(80-99(129)84-134)139-121-56-30-28-53-110(121)114-73-93(59-64-123(114)139)105-49-24-20-45-101(105)86-34-9-2-10-35-86/h1-82H. The Morgan fingerprint density at radius 2 is 0.421 bits per heavy atom. The number of fused-ring (bicyclic) bond motifs is 12. The van der Waals surface area contributed by atoms with Crippen molar-refractivity contribution in [2.24, 2.45) is 0 Å². The summed E-state index contributed by atoms with van der Waals surface area (Å²) in [6.45, 7) is 0. The second-order valence-electron chi connectivity index (χ2n) is 36.0. The molecule has 6 heterocycles. The molecular formula is C132H82N8. The van der Waals surface area contributed by atoms with Crippen LogP contribution in [-0.2, 0) is 0 Å². The third kappa shape index (κ3) is 13.8. The Balaban J connectivity index is 0.720. The fourth-order valence-corrected chi connectivity index (χ4v) is 21.8. The van der Waals surface area contributed by atoms with Crippen molar-refractivity contribution in [1.82, 2.24) is 28.2 Å². The van der Waals surface area contributed by atoms with Gasteiger partial charge in [-0.2, -0.15) is 10.5 Å². The van der Waals surface area contributed by atoms with Crippen LogP contribution in [0.5, 0.6) is 0 Å². The van der Waals surface area contributed by atoms with Gasteiger partial charge in [-0.15, -0.1) is 0 Å². The molecule has 8 heteroatoms. The van der Waals surface area contributed by atoms with Crippen molar-refractivity contribution >= 4 is 87.2 Å². The number of pyridine rings is 2. The van der Waals surface area contributed by atoms with E-state index < -0.39 is 0 Å². The lowest BCUT2D eigenvalue weighted by molar-refractivity contribution is 1.13. The molecule has 20 aromatic carbocycles. The summed E-state index contributed by atoms with van der Waals surface area (Å²) >= 11 is 0. The van der Waals surface area contributed by atoms with Crippen LogP contribution in [0.1, 0.15) is 11.1 Å². The maximum absolute atomic E-state index is 12.5. The van der Waals surface area contributed by atoms with Gasteiger partial charge in [0.15, 0.2) is 0 Å². The van der Waals surface area contributed by atoms with Gasteiger partial charge < -0.3 is 18.3 Å². The molecule has 0 amide bonds. The Labute approximate surface area is 808 Å². The molecule has 0 fully saturated rings. The number of para-hydroxylation sites is 2. The molecule has 26 aromatic rings. The van der Waals surface area contributed by atoms with E-state index in [9.17, 15) is 10.5 Å². The van der Waals surface area contributed by atoms with Crippen LogP contribution in [0.3, 0.4) is 0 Å². The number of hydrogen-bond donors (Lipinski definition) is 0. The van der Waals surface area contributed by atoms with Gasteiger partial charge in [-0.05, 0) is 239 Å². The first kappa shape index (κ1) is 81.6. The van der Waals surface area contributed by atoms with E-state index >= 15 is 0 Å². The fraction of sp³-hybridized carbons (Fsp3) is 0. The Kier molecular flexibility index (Phi) is 19.9. The highest BCUT2D eigenvalue weighted by atomic mass is 15.0. The van der Waals surface area contributed by atoms with Crippen molar-refractivity contribution in [3.63, 3.8) is 0 Å². The SMILES string of the molecule is N#Cc1cc(-n2c3ccccc3c3cc(-c4ccccc4-c4ccccc4)ccc32)c(-c2cc(-c3ccccc3)nc(-c3ccccc3)c2)cc1-n1c2ccc(-c3ccccc3-c3ccccc3)cc2c2cc(-c3cccc4c3c3cc(-c5ccccc5-c5ccccc5)ccc3n4-c3cc(C#N)c(-n4c5ccccc5c5cc(-c6ccccc6-c6ccccc6)ccc54)cc3-c3ccncc3)ccc21. The van der Waals surface area contributed by atoms with Gasteiger partial charge in [0, 0.05) is 77.7 Å². The number of benzene rings is 20. The second-order valence-corrected chi connectivity index (χ2v) is 36.0. The quantitative estimate of drug-likeness (QED) is 0.0908. The Morgan fingerprint density at radius 1 is 0.164 bits per heavy atom. The van der Waals surface area contributed by atoms with Crippen LogP contribution in [0.4, 0.5) is 0 Å². The summed E-state index contributed by atoms with van der Waals surface area (Å²) in [6, 6.07) is 180. The van der Waals surface area contributed by atoms with Gasteiger partial charge in [0.25, 0.3) is 0 Å². The molecule has 0 aliphatic rings. The Bertz CT molecular complexity index is 9490. The minimum atomic E-state index is 0.483. The first-order valence-electron chi connectivity index (χ1n) is 47.4. The monoisotopic (exact) mass is 1780 g/mol.